The number of rotatable bonds is 10. The lowest BCUT2D eigenvalue weighted by Gasteiger charge is -2.24. The molecule has 0 saturated carbocycles. The van der Waals surface area contributed by atoms with Crippen molar-refractivity contribution < 1.29 is 51.4 Å². The fraction of sp³-hybridized carbons (Fsp3) is 0.727. The van der Waals surface area contributed by atoms with Gasteiger partial charge in [0, 0.05) is 12.3 Å². The smallest absolute Gasteiger partial charge is 0.437 e. The van der Waals surface area contributed by atoms with Crippen LogP contribution in [0.3, 0.4) is 0 Å². The number of carbonyl (C=O) groups excluding carboxylic acids is 2. The first kappa shape index (κ1) is 31.8. The van der Waals surface area contributed by atoms with Crippen molar-refractivity contribution in [2.75, 3.05) is 20.2 Å². The van der Waals surface area contributed by atoms with Gasteiger partial charge in [0.15, 0.2) is 11.9 Å². The molecule has 1 unspecified atom stereocenters. The lowest BCUT2D eigenvalue weighted by atomic mass is 9.98. The van der Waals surface area contributed by atoms with Gasteiger partial charge in [0.05, 0.1) is 17.4 Å². The normalized spacial score (nSPS) is 24.3. The van der Waals surface area contributed by atoms with Crippen LogP contribution >= 0.6 is 7.82 Å². The van der Waals surface area contributed by atoms with E-state index in [1.165, 1.54) is 0 Å². The van der Waals surface area contributed by atoms with Gasteiger partial charge in [-0.2, -0.15) is 0 Å². The number of nitrogens with one attached hydrogen (secondary N) is 1. The van der Waals surface area contributed by atoms with E-state index < -0.39 is 86.1 Å². The number of nitrogens with zero attached hydrogens (tertiary/aromatic N) is 1. The van der Waals surface area contributed by atoms with Crippen LogP contribution in [0.2, 0.25) is 0 Å². The standard InChI is InChI=1S/C22H34FN2O12P/c1-20(2,3)17(28)32-11-35-38(31,36-12-33-18(29)21(4,5)6)34-10-13-15(27)22(7,23)16(37-13)25-9-8-14(26)24-19(25)30/h8-9,13,15-16,27H,10-12H2,1-7H3,(H,24,26,30)/t13-,15+,16-,22?/m1/s1. The Hall–Kier alpha value is -2.42. The molecule has 2 N–H and O–H groups in total. The number of ether oxygens (including phenoxy) is 3. The maximum absolute atomic E-state index is 15.4. The van der Waals surface area contributed by atoms with Crippen molar-refractivity contribution in [3.8, 4) is 0 Å². The first-order valence-electron chi connectivity index (χ1n) is 11.5. The molecule has 4 atom stereocenters. The number of phosphoric acid groups is 1. The van der Waals surface area contributed by atoms with Gasteiger partial charge in [0.2, 0.25) is 13.6 Å². The minimum absolute atomic E-state index is 0.694. The van der Waals surface area contributed by atoms with E-state index in [0.717, 1.165) is 23.8 Å². The van der Waals surface area contributed by atoms with Crippen LogP contribution in [0, 0.1) is 10.8 Å². The van der Waals surface area contributed by atoms with Crippen molar-refractivity contribution in [3.63, 3.8) is 0 Å². The number of H-pyrrole nitrogens is 1. The Balaban J connectivity index is 2.14. The van der Waals surface area contributed by atoms with E-state index in [4.69, 9.17) is 27.8 Å². The molecule has 1 aromatic rings. The van der Waals surface area contributed by atoms with Crippen LogP contribution in [0.4, 0.5) is 4.39 Å². The maximum atomic E-state index is 15.4. The van der Waals surface area contributed by atoms with Gasteiger partial charge in [-0.05, 0) is 48.5 Å². The Bertz CT molecular complexity index is 1130. The molecular formula is C22H34FN2O12P. The van der Waals surface area contributed by atoms with Gasteiger partial charge in [0.25, 0.3) is 5.56 Å². The molecule has 1 saturated heterocycles. The third-order valence-corrected chi connectivity index (χ3v) is 6.55. The number of alkyl halides is 1. The zero-order chi connectivity index (χ0) is 29.1. The SMILES string of the molecule is CC(C)(C)C(=O)OCOP(=O)(OCOC(=O)C(C)(C)C)OC[C@H]1O[C@@H](n2ccc(=O)[nH]c2=O)C(C)(F)[C@H]1O. The zero-order valence-electron chi connectivity index (χ0n) is 22.2. The van der Waals surface area contributed by atoms with Crippen molar-refractivity contribution in [2.45, 2.75) is 72.6 Å². The minimum Gasteiger partial charge on any atom is -0.437 e. The zero-order valence-corrected chi connectivity index (χ0v) is 23.1. The maximum Gasteiger partial charge on any atom is 0.480 e. The molecule has 14 nitrogen and oxygen atoms in total. The second kappa shape index (κ2) is 11.8. The molecule has 1 aliphatic heterocycles. The fourth-order valence-corrected chi connectivity index (χ4v) is 3.88. The number of esters is 2. The number of phosphoric ester groups is 1. The van der Waals surface area contributed by atoms with Crippen molar-refractivity contribution in [1.29, 1.82) is 0 Å². The number of hydrogen-bond donors (Lipinski definition) is 2. The van der Waals surface area contributed by atoms with Crippen LogP contribution in [0.15, 0.2) is 21.9 Å². The highest BCUT2D eigenvalue weighted by Gasteiger charge is 2.55. The molecule has 216 valence electrons. The molecule has 0 aromatic carbocycles. The highest BCUT2D eigenvalue weighted by atomic mass is 31.2. The lowest BCUT2D eigenvalue weighted by Crippen LogP contribution is -2.43. The highest BCUT2D eigenvalue weighted by molar-refractivity contribution is 7.48. The molecule has 0 amide bonds. The second-order valence-electron chi connectivity index (χ2n) is 10.7. The van der Waals surface area contributed by atoms with Gasteiger partial charge >= 0.3 is 25.5 Å². The molecular weight excluding hydrogens is 534 g/mol. The molecule has 16 heteroatoms. The molecule has 38 heavy (non-hydrogen) atoms. The molecule has 0 bridgehead atoms. The number of hydrogen-bond acceptors (Lipinski definition) is 12. The minimum atomic E-state index is -4.65. The Morgan fingerprint density at radius 2 is 1.58 bits per heavy atom. The summed E-state index contributed by atoms with van der Waals surface area (Å²) in [6, 6.07) is 0.963. The van der Waals surface area contributed by atoms with E-state index in [1.807, 2.05) is 4.98 Å². The van der Waals surface area contributed by atoms with Crippen LogP contribution in [0.5, 0.6) is 0 Å². The summed E-state index contributed by atoms with van der Waals surface area (Å²) in [6.45, 7) is 7.88. The number of aliphatic hydroxyl groups is 1. The molecule has 1 fully saturated rings. The first-order valence-corrected chi connectivity index (χ1v) is 13.0. The van der Waals surface area contributed by atoms with E-state index in [0.29, 0.717) is 0 Å². The molecule has 0 spiro atoms. The Kier molecular flexibility index (Phi) is 9.84. The molecule has 1 aromatic heterocycles. The highest BCUT2D eigenvalue weighted by Crippen LogP contribution is 2.51. The van der Waals surface area contributed by atoms with Crippen LogP contribution in [0.1, 0.15) is 54.7 Å². The van der Waals surface area contributed by atoms with Crippen LogP contribution < -0.4 is 11.2 Å². The van der Waals surface area contributed by atoms with E-state index in [9.17, 15) is 28.8 Å². The third kappa shape index (κ3) is 8.04. The molecule has 1 aliphatic rings. The largest absolute Gasteiger partial charge is 0.480 e. The summed E-state index contributed by atoms with van der Waals surface area (Å²) in [6.07, 6.45) is -4.08. The Morgan fingerprint density at radius 1 is 1.08 bits per heavy atom. The Morgan fingerprint density at radius 3 is 2.03 bits per heavy atom. The van der Waals surface area contributed by atoms with Crippen LogP contribution in [-0.4, -0.2) is 64.7 Å². The first-order chi connectivity index (χ1) is 17.3. The third-order valence-electron chi connectivity index (χ3n) is 5.24. The fourth-order valence-electron chi connectivity index (χ4n) is 2.96. The van der Waals surface area contributed by atoms with Gasteiger partial charge < -0.3 is 19.3 Å². The van der Waals surface area contributed by atoms with E-state index in [-0.39, 0.29) is 0 Å². The average Bonchev–Trinajstić information content (AvgIpc) is 3.00. The molecule has 0 aliphatic carbocycles. The summed E-state index contributed by atoms with van der Waals surface area (Å²) >= 11 is 0. The number of carbonyl (C=O) groups is 2. The van der Waals surface area contributed by atoms with Crippen LogP contribution in [-0.2, 0) is 41.9 Å². The molecule has 0 radical (unpaired) electrons. The van der Waals surface area contributed by atoms with E-state index >= 15 is 4.39 Å². The van der Waals surface area contributed by atoms with Crippen LogP contribution in [0.25, 0.3) is 0 Å². The number of aromatic nitrogens is 2. The van der Waals surface area contributed by atoms with Gasteiger partial charge in [-0.1, -0.05) is 0 Å². The number of aliphatic hydroxyl groups excluding tert-OH is 1. The monoisotopic (exact) mass is 568 g/mol. The number of halogens is 1. The summed E-state index contributed by atoms with van der Waals surface area (Å²) in [5.41, 5.74) is -6.07. The predicted octanol–water partition coefficient (Wildman–Crippen LogP) is 1.77. The second-order valence-corrected chi connectivity index (χ2v) is 12.4. The number of aromatic amines is 1. The summed E-state index contributed by atoms with van der Waals surface area (Å²) < 4.78 is 59.7. The average molecular weight is 568 g/mol. The summed E-state index contributed by atoms with van der Waals surface area (Å²) in [7, 11) is -4.65. The van der Waals surface area contributed by atoms with Crippen molar-refractivity contribution in [3.05, 3.63) is 33.1 Å². The van der Waals surface area contributed by atoms with Gasteiger partial charge in [0.1, 0.15) is 12.2 Å². The van der Waals surface area contributed by atoms with Crippen molar-refractivity contribution >= 4 is 19.8 Å². The van der Waals surface area contributed by atoms with Gasteiger partial charge in [-0.25, -0.2) is 22.8 Å². The van der Waals surface area contributed by atoms with Crippen molar-refractivity contribution in [2.24, 2.45) is 10.8 Å². The quantitative estimate of drug-likeness (QED) is 0.237. The lowest BCUT2D eigenvalue weighted by molar-refractivity contribution is -0.163. The molecule has 2 heterocycles. The van der Waals surface area contributed by atoms with E-state index in [1.54, 1.807) is 41.5 Å². The van der Waals surface area contributed by atoms with Gasteiger partial charge in [-0.3, -0.25) is 28.5 Å². The van der Waals surface area contributed by atoms with Gasteiger partial charge in [-0.15, -0.1) is 0 Å². The Labute approximate surface area is 217 Å². The summed E-state index contributed by atoms with van der Waals surface area (Å²) in [5, 5.41) is 10.5. The summed E-state index contributed by atoms with van der Waals surface area (Å²) in [5.74, 6) is -1.39. The summed E-state index contributed by atoms with van der Waals surface area (Å²) in [4.78, 5) is 49.4. The topological polar surface area (TPSA) is 182 Å². The van der Waals surface area contributed by atoms with E-state index in [2.05, 4.69) is 0 Å². The van der Waals surface area contributed by atoms with Crippen molar-refractivity contribution in [1.82, 2.24) is 9.55 Å². The predicted molar refractivity (Wildman–Crippen MR) is 127 cm³/mol. The molecule has 2 rings (SSSR count).